The molecular formula is C17H20N2O5S2. The maximum Gasteiger partial charge on any atom is 0.238 e. The molecule has 3 N–H and O–H groups in total. The van der Waals surface area contributed by atoms with Gasteiger partial charge in [-0.3, -0.25) is 4.79 Å². The number of anilines is 1. The van der Waals surface area contributed by atoms with Gasteiger partial charge in [-0.2, -0.15) is 0 Å². The van der Waals surface area contributed by atoms with Crippen molar-refractivity contribution in [1.82, 2.24) is 0 Å². The van der Waals surface area contributed by atoms with E-state index in [1.165, 1.54) is 30.3 Å². The zero-order valence-electron chi connectivity index (χ0n) is 14.4. The van der Waals surface area contributed by atoms with Crippen LogP contribution in [0.25, 0.3) is 0 Å². The lowest BCUT2D eigenvalue weighted by molar-refractivity contribution is -0.115. The highest BCUT2D eigenvalue weighted by molar-refractivity contribution is 7.91. The Balaban J connectivity index is 2.06. The van der Waals surface area contributed by atoms with Gasteiger partial charge in [0.25, 0.3) is 0 Å². The van der Waals surface area contributed by atoms with Crippen molar-refractivity contribution in [3.05, 3.63) is 53.6 Å². The Kier molecular flexibility index (Phi) is 5.84. The molecule has 0 aliphatic carbocycles. The molecule has 0 fully saturated rings. The van der Waals surface area contributed by atoms with Crippen LogP contribution in [-0.2, 0) is 24.7 Å². The number of carbonyl (C=O) groups excluding carboxylic acids is 1. The second-order valence-electron chi connectivity index (χ2n) is 5.96. The van der Waals surface area contributed by atoms with Crippen molar-refractivity contribution in [1.29, 1.82) is 0 Å². The van der Waals surface area contributed by atoms with Crippen LogP contribution in [0.5, 0.6) is 0 Å². The highest BCUT2D eigenvalue weighted by Crippen LogP contribution is 2.19. The summed E-state index contributed by atoms with van der Waals surface area (Å²) >= 11 is 0. The molecule has 0 saturated heterocycles. The molecular weight excluding hydrogens is 376 g/mol. The molecule has 0 unspecified atom stereocenters. The van der Waals surface area contributed by atoms with Crippen molar-refractivity contribution < 1.29 is 21.6 Å². The van der Waals surface area contributed by atoms with E-state index in [4.69, 9.17) is 5.14 Å². The number of rotatable bonds is 6. The van der Waals surface area contributed by atoms with Crippen LogP contribution in [0.15, 0.2) is 52.3 Å². The predicted molar refractivity (Wildman–Crippen MR) is 99.0 cm³/mol. The summed E-state index contributed by atoms with van der Waals surface area (Å²) in [5.74, 6) is -0.889. The zero-order valence-corrected chi connectivity index (χ0v) is 16.0. The standard InChI is InChI=1S/C17H20N2O5S2/c1-12-3-7-15(8-4-12)25(21,22)10-9-17(20)19-14-6-5-13(2)16(11-14)26(18,23)24/h3-8,11H,9-10H2,1-2H3,(H,19,20)(H2,18,23,24). The van der Waals surface area contributed by atoms with Crippen LogP contribution in [0.1, 0.15) is 17.5 Å². The average Bonchev–Trinajstić information content (AvgIpc) is 2.54. The minimum absolute atomic E-state index is 0.0948. The van der Waals surface area contributed by atoms with Gasteiger partial charge in [0.05, 0.1) is 15.5 Å². The molecule has 2 rings (SSSR count). The number of hydrogen-bond donors (Lipinski definition) is 2. The van der Waals surface area contributed by atoms with E-state index in [0.717, 1.165) is 5.56 Å². The van der Waals surface area contributed by atoms with Crippen LogP contribution >= 0.6 is 0 Å². The lowest BCUT2D eigenvalue weighted by Crippen LogP contribution is -2.18. The van der Waals surface area contributed by atoms with Crippen LogP contribution in [0.4, 0.5) is 5.69 Å². The summed E-state index contributed by atoms with van der Waals surface area (Å²) in [6, 6.07) is 10.7. The molecule has 0 aliphatic rings. The minimum Gasteiger partial charge on any atom is -0.326 e. The predicted octanol–water partition coefficient (Wildman–Crippen LogP) is 1.75. The molecule has 9 heteroatoms. The summed E-state index contributed by atoms with van der Waals surface area (Å²) in [5, 5.41) is 7.62. The first kappa shape index (κ1) is 20.1. The number of primary sulfonamides is 1. The van der Waals surface area contributed by atoms with Crippen LogP contribution in [0, 0.1) is 13.8 Å². The Morgan fingerprint density at radius 3 is 2.19 bits per heavy atom. The van der Waals surface area contributed by atoms with Crippen molar-refractivity contribution >= 4 is 31.5 Å². The van der Waals surface area contributed by atoms with Crippen LogP contribution in [-0.4, -0.2) is 28.5 Å². The second-order valence-corrected chi connectivity index (χ2v) is 9.59. The Morgan fingerprint density at radius 1 is 1.00 bits per heavy atom. The fourth-order valence-electron chi connectivity index (χ4n) is 2.30. The molecule has 0 saturated carbocycles. The summed E-state index contributed by atoms with van der Waals surface area (Å²) in [5.41, 5.74) is 1.62. The number of hydrogen-bond acceptors (Lipinski definition) is 5. The van der Waals surface area contributed by atoms with Gasteiger partial charge in [0.2, 0.25) is 15.9 Å². The van der Waals surface area contributed by atoms with Crippen molar-refractivity contribution in [3.8, 4) is 0 Å². The smallest absolute Gasteiger partial charge is 0.238 e. The summed E-state index contributed by atoms with van der Waals surface area (Å²) < 4.78 is 47.5. The molecule has 140 valence electrons. The topological polar surface area (TPSA) is 123 Å². The molecule has 2 aromatic carbocycles. The Bertz CT molecular complexity index is 1030. The van der Waals surface area contributed by atoms with Crippen molar-refractivity contribution in [2.24, 2.45) is 5.14 Å². The number of benzene rings is 2. The first-order valence-electron chi connectivity index (χ1n) is 7.72. The number of sulfone groups is 1. The molecule has 1 amide bonds. The van der Waals surface area contributed by atoms with E-state index in [1.807, 2.05) is 6.92 Å². The number of aryl methyl sites for hydroxylation is 2. The van der Waals surface area contributed by atoms with Gasteiger partial charge >= 0.3 is 0 Å². The Hall–Kier alpha value is -2.23. The van der Waals surface area contributed by atoms with Gasteiger partial charge in [-0.25, -0.2) is 22.0 Å². The summed E-state index contributed by atoms with van der Waals surface area (Å²) in [4.78, 5) is 12.1. The number of amides is 1. The first-order valence-corrected chi connectivity index (χ1v) is 10.9. The second kappa shape index (κ2) is 7.56. The molecule has 0 atom stereocenters. The zero-order chi connectivity index (χ0) is 19.5. The van der Waals surface area contributed by atoms with Gasteiger partial charge in [0.15, 0.2) is 9.84 Å². The van der Waals surface area contributed by atoms with Gasteiger partial charge in [-0.05, 0) is 43.7 Å². The average molecular weight is 396 g/mol. The van der Waals surface area contributed by atoms with Gasteiger partial charge in [-0.1, -0.05) is 23.8 Å². The van der Waals surface area contributed by atoms with Gasteiger partial charge in [-0.15, -0.1) is 0 Å². The van der Waals surface area contributed by atoms with E-state index >= 15 is 0 Å². The van der Waals surface area contributed by atoms with E-state index in [2.05, 4.69) is 5.32 Å². The van der Waals surface area contributed by atoms with Crippen molar-refractivity contribution in [2.75, 3.05) is 11.1 Å². The lowest BCUT2D eigenvalue weighted by atomic mass is 10.2. The molecule has 0 radical (unpaired) electrons. The van der Waals surface area contributed by atoms with Crippen molar-refractivity contribution in [3.63, 3.8) is 0 Å². The summed E-state index contributed by atoms with van der Waals surface area (Å²) in [6.45, 7) is 3.43. The van der Waals surface area contributed by atoms with E-state index < -0.39 is 25.8 Å². The van der Waals surface area contributed by atoms with Gasteiger partial charge < -0.3 is 5.32 Å². The third kappa shape index (κ3) is 5.13. The number of nitrogens with one attached hydrogen (secondary N) is 1. The van der Waals surface area contributed by atoms with E-state index in [1.54, 1.807) is 19.1 Å². The van der Waals surface area contributed by atoms with Gasteiger partial charge in [0.1, 0.15) is 0 Å². The monoisotopic (exact) mass is 396 g/mol. The quantitative estimate of drug-likeness (QED) is 0.770. The number of nitrogens with two attached hydrogens (primary N) is 1. The minimum atomic E-state index is -3.91. The highest BCUT2D eigenvalue weighted by atomic mass is 32.2. The number of sulfonamides is 1. The normalized spacial score (nSPS) is 12.0. The van der Waals surface area contributed by atoms with E-state index in [9.17, 15) is 21.6 Å². The molecule has 0 bridgehead atoms. The SMILES string of the molecule is Cc1ccc(S(=O)(=O)CCC(=O)Nc2ccc(C)c(S(N)(=O)=O)c2)cc1. The largest absolute Gasteiger partial charge is 0.326 e. The molecule has 0 spiro atoms. The highest BCUT2D eigenvalue weighted by Gasteiger charge is 2.17. The van der Waals surface area contributed by atoms with Crippen molar-refractivity contribution in [2.45, 2.75) is 30.1 Å². The molecule has 0 aliphatic heterocycles. The summed E-state index contributed by atoms with van der Waals surface area (Å²) in [7, 11) is -7.49. The van der Waals surface area contributed by atoms with Crippen LogP contribution in [0.3, 0.4) is 0 Å². The maximum atomic E-state index is 12.3. The van der Waals surface area contributed by atoms with E-state index in [-0.39, 0.29) is 27.7 Å². The van der Waals surface area contributed by atoms with Crippen LogP contribution in [0.2, 0.25) is 0 Å². The Morgan fingerprint density at radius 2 is 1.62 bits per heavy atom. The molecule has 0 heterocycles. The maximum absolute atomic E-state index is 12.3. The first-order chi connectivity index (χ1) is 12.0. The lowest BCUT2D eigenvalue weighted by Gasteiger charge is -2.09. The molecule has 7 nitrogen and oxygen atoms in total. The Labute approximate surface area is 153 Å². The number of carbonyl (C=O) groups is 1. The third-order valence-corrected chi connectivity index (χ3v) is 6.54. The van der Waals surface area contributed by atoms with Gasteiger partial charge in [0, 0.05) is 12.1 Å². The molecule has 2 aromatic rings. The third-order valence-electron chi connectivity index (χ3n) is 3.76. The molecule has 26 heavy (non-hydrogen) atoms. The van der Waals surface area contributed by atoms with E-state index in [0.29, 0.717) is 5.56 Å². The molecule has 0 aromatic heterocycles. The van der Waals surface area contributed by atoms with Crippen LogP contribution < -0.4 is 10.5 Å². The fourth-order valence-corrected chi connectivity index (χ4v) is 4.35. The fraction of sp³-hybridized carbons (Fsp3) is 0.235. The summed E-state index contributed by atoms with van der Waals surface area (Å²) in [6.07, 6.45) is -0.255.